The van der Waals surface area contributed by atoms with Gasteiger partial charge in [0, 0.05) is 27.1 Å². The number of carbonyl (C=O) groups excluding carboxylic acids is 1. The van der Waals surface area contributed by atoms with Gasteiger partial charge in [0.2, 0.25) is 11.8 Å². The molecule has 0 saturated carbocycles. The van der Waals surface area contributed by atoms with Crippen molar-refractivity contribution < 1.29 is 9.53 Å². The second-order valence-corrected chi connectivity index (χ2v) is 8.97. The summed E-state index contributed by atoms with van der Waals surface area (Å²) >= 11 is 3.12. The number of nitrogens with zero attached hydrogens (tertiary/aromatic N) is 5. The van der Waals surface area contributed by atoms with Crippen LogP contribution in [0.15, 0.2) is 41.0 Å². The fraction of sp³-hybridized carbons (Fsp3) is 0.368. The number of fused-ring (bicyclic) bond motifs is 1. The van der Waals surface area contributed by atoms with Gasteiger partial charge in [-0.05, 0) is 12.1 Å². The van der Waals surface area contributed by atoms with E-state index in [1.165, 1.54) is 11.8 Å². The van der Waals surface area contributed by atoms with E-state index in [1.54, 1.807) is 23.7 Å². The molecule has 1 unspecified atom stereocenters. The molecule has 1 aliphatic rings. The van der Waals surface area contributed by atoms with Gasteiger partial charge in [-0.1, -0.05) is 23.9 Å². The number of likely N-dealkylation sites (tertiary alicyclic amines) is 1. The molecule has 1 atom stereocenters. The number of thioether (sulfide) groups is 1. The molecule has 28 heavy (non-hydrogen) atoms. The van der Waals surface area contributed by atoms with Crippen LogP contribution in [0.1, 0.15) is 6.42 Å². The summed E-state index contributed by atoms with van der Waals surface area (Å²) in [5, 5.41) is 0. The van der Waals surface area contributed by atoms with Crippen LogP contribution in [0.3, 0.4) is 0 Å². The van der Waals surface area contributed by atoms with Crippen LogP contribution in [-0.2, 0) is 4.79 Å². The number of aromatic nitrogens is 3. The van der Waals surface area contributed by atoms with Crippen LogP contribution in [0, 0.1) is 0 Å². The number of hydrogen-bond donors (Lipinski definition) is 0. The Kier molecular flexibility index (Phi) is 5.63. The molecule has 1 saturated heterocycles. The minimum atomic E-state index is -0.0527. The summed E-state index contributed by atoms with van der Waals surface area (Å²) in [6.45, 7) is 1.28. The van der Waals surface area contributed by atoms with Gasteiger partial charge in [-0.2, -0.15) is 4.98 Å². The highest BCUT2D eigenvalue weighted by Crippen LogP contribution is 2.29. The lowest BCUT2D eigenvalue weighted by atomic mass is 10.3. The Morgan fingerprint density at radius 1 is 1.32 bits per heavy atom. The van der Waals surface area contributed by atoms with Gasteiger partial charge in [0.05, 0.1) is 34.9 Å². The number of carbonyl (C=O) groups is 1. The van der Waals surface area contributed by atoms with Crippen molar-refractivity contribution in [1.82, 2.24) is 19.9 Å². The number of para-hydroxylation sites is 1. The Labute approximate surface area is 171 Å². The zero-order valence-electron chi connectivity index (χ0n) is 15.7. The standard InChI is InChI=1S/C19H21N5O2S2/c1-23(2)16-9-20-10-17(22-16)26-13-7-8-24(11-13)18(25)12-27-19-21-14-5-3-4-6-15(14)28-19/h3-6,9-10,13H,7-8,11-12H2,1-2H3. The van der Waals surface area contributed by atoms with E-state index in [0.29, 0.717) is 24.7 Å². The Morgan fingerprint density at radius 2 is 2.18 bits per heavy atom. The van der Waals surface area contributed by atoms with Gasteiger partial charge in [0.1, 0.15) is 6.10 Å². The largest absolute Gasteiger partial charge is 0.471 e. The summed E-state index contributed by atoms with van der Waals surface area (Å²) in [5.74, 6) is 1.75. The number of thiazole rings is 1. The van der Waals surface area contributed by atoms with Crippen LogP contribution >= 0.6 is 23.1 Å². The Balaban J connectivity index is 1.29. The molecule has 0 radical (unpaired) electrons. The molecule has 0 N–H and O–H groups in total. The average Bonchev–Trinajstić information content (AvgIpc) is 3.33. The van der Waals surface area contributed by atoms with Crippen LogP contribution in [-0.4, -0.2) is 64.8 Å². The maximum Gasteiger partial charge on any atom is 0.234 e. The van der Waals surface area contributed by atoms with Crippen molar-refractivity contribution in [3.63, 3.8) is 0 Å². The van der Waals surface area contributed by atoms with E-state index in [-0.39, 0.29) is 12.0 Å². The Hall–Kier alpha value is -2.39. The number of hydrogen-bond acceptors (Lipinski definition) is 8. The fourth-order valence-corrected chi connectivity index (χ4v) is 4.93. The smallest absolute Gasteiger partial charge is 0.234 e. The summed E-state index contributed by atoms with van der Waals surface area (Å²) in [7, 11) is 3.82. The summed E-state index contributed by atoms with van der Waals surface area (Å²) in [5.41, 5.74) is 0.984. The SMILES string of the molecule is CN(C)c1cncc(OC2CCN(C(=O)CSc3nc4ccccc4s3)C2)n1. The van der Waals surface area contributed by atoms with E-state index in [2.05, 4.69) is 21.0 Å². The molecule has 146 valence electrons. The first-order chi connectivity index (χ1) is 13.6. The highest BCUT2D eigenvalue weighted by molar-refractivity contribution is 8.01. The van der Waals surface area contributed by atoms with Crippen LogP contribution in [0.5, 0.6) is 5.88 Å². The highest BCUT2D eigenvalue weighted by Gasteiger charge is 2.28. The minimum absolute atomic E-state index is 0.0527. The third-order valence-corrected chi connectivity index (χ3v) is 6.60. The monoisotopic (exact) mass is 415 g/mol. The summed E-state index contributed by atoms with van der Waals surface area (Å²) in [6, 6.07) is 8.03. The molecule has 1 aliphatic heterocycles. The number of anilines is 1. The molecule has 1 aromatic carbocycles. The van der Waals surface area contributed by atoms with Crippen molar-refractivity contribution in [2.45, 2.75) is 16.9 Å². The molecule has 3 heterocycles. The molecule has 1 fully saturated rings. The lowest BCUT2D eigenvalue weighted by Gasteiger charge is -2.17. The lowest BCUT2D eigenvalue weighted by Crippen LogP contribution is -2.32. The number of ether oxygens (including phenoxy) is 1. The molecule has 9 heteroatoms. The molecule has 4 rings (SSSR count). The Morgan fingerprint density at radius 3 is 3.00 bits per heavy atom. The predicted octanol–water partition coefficient (Wildman–Crippen LogP) is 2.92. The van der Waals surface area contributed by atoms with Gasteiger partial charge in [-0.15, -0.1) is 11.3 Å². The van der Waals surface area contributed by atoms with Crippen LogP contribution in [0.2, 0.25) is 0 Å². The molecular formula is C19H21N5O2S2. The quantitative estimate of drug-likeness (QED) is 0.573. The molecular weight excluding hydrogens is 394 g/mol. The minimum Gasteiger partial charge on any atom is -0.471 e. The van der Waals surface area contributed by atoms with Crippen molar-refractivity contribution in [3.05, 3.63) is 36.7 Å². The van der Waals surface area contributed by atoms with Crippen LogP contribution in [0.4, 0.5) is 5.82 Å². The van der Waals surface area contributed by atoms with E-state index in [0.717, 1.165) is 26.8 Å². The maximum absolute atomic E-state index is 12.6. The molecule has 7 nitrogen and oxygen atoms in total. The van der Waals surface area contributed by atoms with Gasteiger partial charge in [-0.25, -0.2) is 4.98 Å². The van der Waals surface area contributed by atoms with Crippen molar-refractivity contribution in [1.29, 1.82) is 0 Å². The third-order valence-electron chi connectivity index (χ3n) is 4.44. The first kappa shape index (κ1) is 18.9. The molecule has 0 spiro atoms. The molecule has 0 bridgehead atoms. The summed E-state index contributed by atoms with van der Waals surface area (Å²) in [4.78, 5) is 29.5. The number of rotatable bonds is 6. The zero-order chi connectivity index (χ0) is 19.5. The van der Waals surface area contributed by atoms with Gasteiger partial charge in [0.15, 0.2) is 10.2 Å². The van der Waals surface area contributed by atoms with Crippen LogP contribution in [0.25, 0.3) is 10.2 Å². The van der Waals surface area contributed by atoms with E-state index in [4.69, 9.17) is 4.74 Å². The van der Waals surface area contributed by atoms with E-state index in [1.807, 2.05) is 42.1 Å². The topological polar surface area (TPSA) is 71.5 Å². The van der Waals surface area contributed by atoms with E-state index < -0.39 is 0 Å². The molecule has 2 aromatic heterocycles. The van der Waals surface area contributed by atoms with Crippen molar-refractivity contribution in [2.24, 2.45) is 0 Å². The maximum atomic E-state index is 12.6. The second kappa shape index (κ2) is 8.32. The Bertz CT molecular complexity index is 945. The zero-order valence-corrected chi connectivity index (χ0v) is 17.4. The van der Waals surface area contributed by atoms with Crippen molar-refractivity contribution in [3.8, 4) is 5.88 Å². The van der Waals surface area contributed by atoms with Gasteiger partial charge >= 0.3 is 0 Å². The molecule has 1 amide bonds. The van der Waals surface area contributed by atoms with E-state index in [9.17, 15) is 4.79 Å². The van der Waals surface area contributed by atoms with Gasteiger partial charge < -0.3 is 14.5 Å². The molecule has 0 aliphatic carbocycles. The van der Waals surface area contributed by atoms with Crippen LogP contribution < -0.4 is 9.64 Å². The predicted molar refractivity (Wildman–Crippen MR) is 112 cm³/mol. The normalized spacial score (nSPS) is 16.5. The lowest BCUT2D eigenvalue weighted by molar-refractivity contribution is -0.127. The van der Waals surface area contributed by atoms with Gasteiger partial charge in [0.25, 0.3) is 0 Å². The highest BCUT2D eigenvalue weighted by atomic mass is 32.2. The number of amides is 1. The average molecular weight is 416 g/mol. The first-order valence-electron chi connectivity index (χ1n) is 9.00. The third kappa shape index (κ3) is 4.36. The van der Waals surface area contributed by atoms with Crippen molar-refractivity contribution >= 4 is 45.0 Å². The second-order valence-electron chi connectivity index (χ2n) is 6.71. The molecule has 3 aromatic rings. The summed E-state index contributed by atoms with van der Waals surface area (Å²) < 4.78 is 8.01. The fourth-order valence-electron chi connectivity index (χ4n) is 2.96. The first-order valence-corrected chi connectivity index (χ1v) is 10.8. The number of benzene rings is 1. The summed E-state index contributed by atoms with van der Waals surface area (Å²) in [6.07, 6.45) is 4.05. The van der Waals surface area contributed by atoms with Gasteiger partial charge in [-0.3, -0.25) is 9.78 Å². The van der Waals surface area contributed by atoms with E-state index >= 15 is 0 Å². The van der Waals surface area contributed by atoms with Crippen molar-refractivity contribution in [2.75, 3.05) is 37.8 Å².